The summed E-state index contributed by atoms with van der Waals surface area (Å²) in [5, 5.41) is 8.69. The van der Waals surface area contributed by atoms with Crippen LogP contribution in [0.3, 0.4) is 0 Å². The van der Waals surface area contributed by atoms with Gasteiger partial charge in [0.25, 0.3) is 0 Å². The van der Waals surface area contributed by atoms with Crippen LogP contribution >= 0.6 is 0 Å². The van der Waals surface area contributed by atoms with Crippen LogP contribution in [-0.4, -0.2) is 11.1 Å². The SMILES string of the molecule is CCCCCCCCCC1CCC(c2ccc(CCCCCCCC(=O)O)cc2C)CC1. The third-order valence-corrected chi connectivity index (χ3v) is 7.69. The number of rotatable bonds is 17. The van der Waals surface area contributed by atoms with Crippen LogP contribution in [0.5, 0.6) is 0 Å². The number of carboxylic acids is 1. The molecule has 32 heavy (non-hydrogen) atoms. The van der Waals surface area contributed by atoms with Crippen LogP contribution in [0.15, 0.2) is 18.2 Å². The van der Waals surface area contributed by atoms with Gasteiger partial charge in [-0.1, -0.05) is 95.8 Å². The van der Waals surface area contributed by atoms with Crippen LogP contribution < -0.4 is 0 Å². The fourth-order valence-corrected chi connectivity index (χ4v) is 5.64. The molecule has 1 aliphatic rings. The molecule has 1 N–H and O–H groups in total. The van der Waals surface area contributed by atoms with Gasteiger partial charge >= 0.3 is 5.97 Å². The maximum Gasteiger partial charge on any atom is 0.303 e. The van der Waals surface area contributed by atoms with E-state index in [2.05, 4.69) is 32.0 Å². The Morgan fingerprint density at radius 3 is 2.12 bits per heavy atom. The van der Waals surface area contributed by atoms with Gasteiger partial charge in [-0.3, -0.25) is 4.79 Å². The molecule has 0 atom stereocenters. The number of unbranched alkanes of at least 4 members (excludes halogenated alkanes) is 10. The van der Waals surface area contributed by atoms with Crippen LogP contribution in [0, 0.1) is 12.8 Å². The van der Waals surface area contributed by atoms with Crippen molar-refractivity contribution in [1.29, 1.82) is 0 Å². The van der Waals surface area contributed by atoms with Crippen LogP contribution in [0.1, 0.15) is 145 Å². The molecular formula is C30H50O2. The van der Waals surface area contributed by atoms with Crippen molar-refractivity contribution in [3.8, 4) is 0 Å². The summed E-state index contributed by atoms with van der Waals surface area (Å²) in [4.78, 5) is 10.6. The fraction of sp³-hybridized carbons (Fsp3) is 0.767. The highest BCUT2D eigenvalue weighted by Crippen LogP contribution is 2.39. The average molecular weight is 443 g/mol. The van der Waals surface area contributed by atoms with Crippen molar-refractivity contribution in [3.63, 3.8) is 0 Å². The van der Waals surface area contributed by atoms with Gasteiger partial charge in [-0.25, -0.2) is 0 Å². The molecule has 2 rings (SSSR count). The Labute approximate surface area is 198 Å². The smallest absolute Gasteiger partial charge is 0.303 e. The van der Waals surface area contributed by atoms with Crippen molar-refractivity contribution < 1.29 is 9.90 Å². The molecule has 0 saturated heterocycles. The number of carboxylic acid groups (broad SMARTS) is 1. The largest absolute Gasteiger partial charge is 0.481 e. The van der Waals surface area contributed by atoms with E-state index >= 15 is 0 Å². The molecule has 182 valence electrons. The molecule has 1 aromatic rings. The van der Waals surface area contributed by atoms with E-state index in [4.69, 9.17) is 5.11 Å². The predicted molar refractivity (Wildman–Crippen MR) is 138 cm³/mol. The zero-order valence-corrected chi connectivity index (χ0v) is 21.2. The summed E-state index contributed by atoms with van der Waals surface area (Å²) in [7, 11) is 0. The number of aliphatic carboxylic acids is 1. The first kappa shape index (κ1) is 26.9. The van der Waals surface area contributed by atoms with Gasteiger partial charge < -0.3 is 5.11 Å². The average Bonchev–Trinajstić information content (AvgIpc) is 2.78. The lowest BCUT2D eigenvalue weighted by Crippen LogP contribution is -2.14. The van der Waals surface area contributed by atoms with Crippen LogP contribution in [0.2, 0.25) is 0 Å². The highest BCUT2D eigenvalue weighted by molar-refractivity contribution is 5.66. The number of hydrogen-bond donors (Lipinski definition) is 1. The second-order valence-electron chi connectivity index (χ2n) is 10.5. The van der Waals surface area contributed by atoms with E-state index in [1.165, 1.54) is 101 Å². The van der Waals surface area contributed by atoms with Crippen LogP contribution in [-0.2, 0) is 11.2 Å². The normalized spacial score (nSPS) is 18.7. The summed E-state index contributed by atoms with van der Waals surface area (Å²) in [6.45, 7) is 4.61. The first-order chi connectivity index (χ1) is 15.6. The second kappa shape index (κ2) is 16.3. The summed E-state index contributed by atoms with van der Waals surface area (Å²) in [6.07, 6.45) is 24.1. The van der Waals surface area contributed by atoms with Crippen molar-refractivity contribution in [2.24, 2.45) is 5.92 Å². The zero-order chi connectivity index (χ0) is 23.0. The highest BCUT2D eigenvalue weighted by Gasteiger charge is 2.23. The fourth-order valence-electron chi connectivity index (χ4n) is 5.64. The third kappa shape index (κ3) is 11.0. The standard InChI is InChI=1S/C30H50O2/c1-3-4-5-6-7-9-12-15-26-18-21-28(22-19-26)29-23-20-27(24-25(29)2)16-13-10-8-11-14-17-30(31)32/h20,23-24,26,28H,3-19,21-22H2,1-2H3,(H,31,32). The van der Waals surface area contributed by atoms with E-state index in [9.17, 15) is 4.79 Å². The molecule has 0 unspecified atom stereocenters. The van der Waals surface area contributed by atoms with Crippen LogP contribution in [0.25, 0.3) is 0 Å². The maximum absolute atomic E-state index is 10.6. The van der Waals surface area contributed by atoms with Gasteiger partial charge in [0.05, 0.1) is 0 Å². The minimum atomic E-state index is -0.665. The summed E-state index contributed by atoms with van der Waals surface area (Å²) in [5.74, 6) is 1.10. The Morgan fingerprint density at radius 1 is 0.844 bits per heavy atom. The Kier molecular flexibility index (Phi) is 13.7. The number of aryl methyl sites for hydroxylation is 2. The quantitative estimate of drug-likeness (QED) is 0.244. The first-order valence-corrected chi connectivity index (χ1v) is 13.9. The predicted octanol–water partition coefficient (Wildman–Crippen LogP) is 9.38. The molecule has 1 saturated carbocycles. The Hall–Kier alpha value is -1.31. The van der Waals surface area contributed by atoms with Crippen molar-refractivity contribution in [2.75, 3.05) is 0 Å². The summed E-state index contributed by atoms with van der Waals surface area (Å²) in [5.41, 5.74) is 4.58. The van der Waals surface area contributed by atoms with Crippen molar-refractivity contribution in [1.82, 2.24) is 0 Å². The third-order valence-electron chi connectivity index (χ3n) is 7.69. The van der Waals surface area contributed by atoms with Crippen LogP contribution in [0.4, 0.5) is 0 Å². The molecule has 1 fully saturated rings. The van der Waals surface area contributed by atoms with Gasteiger partial charge in [-0.15, -0.1) is 0 Å². The topological polar surface area (TPSA) is 37.3 Å². The molecule has 1 aliphatic carbocycles. The molecule has 2 nitrogen and oxygen atoms in total. The maximum atomic E-state index is 10.6. The number of hydrogen-bond acceptors (Lipinski definition) is 1. The van der Waals surface area contributed by atoms with E-state index in [0.29, 0.717) is 6.42 Å². The minimum Gasteiger partial charge on any atom is -0.481 e. The molecule has 0 bridgehead atoms. The van der Waals surface area contributed by atoms with Gasteiger partial charge in [0.1, 0.15) is 0 Å². The monoisotopic (exact) mass is 442 g/mol. The lowest BCUT2D eigenvalue weighted by molar-refractivity contribution is -0.137. The molecule has 0 radical (unpaired) electrons. The molecular weight excluding hydrogens is 392 g/mol. The van der Waals surface area contributed by atoms with E-state index in [-0.39, 0.29) is 0 Å². The van der Waals surface area contributed by atoms with Gasteiger partial charge in [0, 0.05) is 6.42 Å². The molecule has 0 aliphatic heterocycles. The first-order valence-electron chi connectivity index (χ1n) is 13.9. The molecule has 0 aromatic heterocycles. The molecule has 0 spiro atoms. The van der Waals surface area contributed by atoms with E-state index < -0.39 is 5.97 Å². The highest BCUT2D eigenvalue weighted by atomic mass is 16.4. The summed E-state index contributed by atoms with van der Waals surface area (Å²) < 4.78 is 0. The Balaban J connectivity index is 1.60. The van der Waals surface area contributed by atoms with E-state index in [1.807, 2.05) is 0 Å². The van der Waals surface area contributed by atoms with Gasteiger partial charge in [-0.05, 0) is 80.4 Å². The summed E-state index contributed by atoms with van der Waals surface area (Å²) >= 11 is 0. The van der Waals surface area contributed by atoms with Gasteiger partial charge in [0.15, 0.2) is 0 Å². The van der Waals surface area contributed by atoms with Crippen molar-refractivity contribution in [3.05, 3.63) is 34.9 Å². The van der Waals surface area contributed by atoms with E-state index in [1.54, 1.807) is 5.56 Å². The number of carbonyl (C=O) groups is 1. The molecule has 1 aromatic carbocycles. The Morgan fingerprint density at radius 2 is 1.47 bits per heavy atom. The lowest BCUT2D eigenvalue weighted by Gasteiger charge is -2.30. The Bertz CT molecular complexity index is 628. The minimum absolute atomic E-state index is 0.321. The second-order valence-corrected chi connectivity index (χ2v) is 10.5. The van der Waals surface area contributed by atoms with Crippen molar-refractivity contribution >= 4 is 5.97 Å². The molecule has 2 heteroatoms. The van der Waals surface area contributed by atoms with E-state index in [0.717, 1.165) is 37.5 Å². The lowest BCUT2D eigenvalue weighted by atomic mass is 9.76. The number of benzene rings is 1. The molecule has 0 heterocycles. The zero-order valence-electron chi connectivity index (χ0n) is 21.2. The van der Waals surface area contributed by atoms with Gasteiger partial charge in [-0.2, -0.15) is 0 Å². The summed E-state index contributed by atoms with van der Waals surface area (Å²) in [6, 6.07) is 7.24. The van der Waals surface area contributed by atoms with Crippen molar-refractivity contribution in [2.45, 2.75) is 142 Å². The molecule has 0 amide bonds. The van der Waals surface area contributed by atoms with Gasteiger partial charge in [0.2, 0.25) is 0 Å².